The molecule has 1 heterocycles. The number of para-hydroxylation sites is 2. The van der Waals surface area contributed by atoms with E-state index < -0.39 is 5.41 Å². The lowest BCUT2D eigenvalue weighted by Crippen LogP contribution is -2.28. The zero-order chi connectivity index (χ0) is 49.7. The zero-order valence-corrected chi connectivity index (χ0v) is 41.3. The lowest BCUT2D eigenvalue weighted by Gasteiger charge is -2.33. The van der Waals surface area contributed by atoms with Crippen LogP contribution in [-0.2, 0) is 5.41 Å². The van der Waals surface area contributed by atoms with Crippen molar-refractivity contribution in [1.29, 1.82) is 0 Å². The average molecular weight is 955 g/mol. The molecule has 0 aliphatic heterocycles. The summed E-state index contributed by atoms with van der Waals surface area (Å²) in [6.07, 6.45) is 0. The van der Waals surface area contributed by atoms with Gasteiger partial charge in [0.2, 0.25) is 0 Å². The summed E-state index contributed by atoms with van der Waals surface area (Å²) in [5, 5.41) is 2.46. The Kier molecular flexibility index (Phi) is 10.8. The molecular formula is C73H50N2. The molecule has 0 fully saturated rings. The number of hydrogen-bond donors (Lipinski definition) is 0. The maximum atomic E-state index is 2.48. The highest BCUT2D eigenvalue weighted by Crippen LogP contribution is 2.56. The van der Waals surface area contributed by atoms with Gasteiger partial charge in [0.05, 0.1) is 16.4 Å². The Balaban J connectivity index is 0.869. The highest BCUT2D eigenvalue weighted by molar-refractivity contribution is 6.11. The summed E-state index contributed by atoms with van der Waals surface area (Å²) in [7, 11) is 0. The van der Waals surface area contributed by atoms with Crippen molar-refractivity contribution in [2.45, 2.75) is 5.41 Å². The van der Waals surface area contributed by atoms with Crippen molar-refractivity contribution in [3.05, 3.63) is 326 Å². The van der Waals surface area contributed by atoms with Crippen LogP contribution in [-0.4, -0.2) is 4.57 Å². The SMILES string of the molecule is c1ccc(-c2cccc(-c3ccc(N(c4ccccc4)c4cccc(-c5ccccc5-c5ccc6c7ccccc7n(-c7ccc8c(c7)-c7ccccc7C8(c7ccccc7)c7ccccc7)c6c5)c4)cc3)c2)cc1. The molecule has 1 aliphatic rings. The smallest absolute Gasteiger partial charge is 0.0713 e. The van der Waals surface area contributed by atoms with Crippen LogP contribution in [0.5, 0.6) is 0 Å². The normalized spacial score (nSPS) is 12.4. The average Bonchev–Trinajstić information content (AvgIpc) is 4.03. The molecule has 0 saturated heterocycles. The second kappa shape index (κ2) is 18.4. The van der Waals surface area contributed by atoms with Gasteiger partial charge < -0.3 is 9.47 Å². The van der Waals surface area contributed by atoms with Crippen molar-refractivity contribution in [2.24, 2.45) is 0 Å². The molecule has 0 amide bonds. The first kappa shape index (κ1) is 44.0. The van der Waals surface area contributed by atoms with Gasteiger partial charge in [0.25, 0.3) is 0 Å². The summed E-state index contributed by atoms with van der Waals surface area (Å²) in [5.41, 5.74) is 23.5. The minimum absolute atomic E-state index is 0.457. The molecule has 12 aromatic carbocycles. The summed E-state index contributed by atoms with van der Waals surface area (Å²) in [6, 6.07) is 111. The fraction of sp³-hybridized carbons (Fsp3) is 0.0137. The van der Waals surface area contributed by atoms with Gasteiger partial charge in [-0.15, -0.1) is 0 Å². The first-order valence-electron chi connectivity index (χ1n) is 25.9. The lowest BCUT2D eigenvalue weighted by atomic mass is 9.68. The molecule has 0 atom stereocenters. The molecule has 352 valence electrons. The number of aromatic nitrogens is 1. The van der Waals surface area contributed by atoms with Crippen molar-refractivity contribution in [3.63, 3.8) is 0 Å². The first-order valence-corrected chi connectivity index (χ1v) is 25.9. The largest absolute Gasteiger partial charge is 0.310 e. The van der Waals surface area contributed by atoms with Crippen LogP contribution in [0, 0.1) is 0 Å². The summed E-state index contributed by atoms with van der Waals surface area (Å²) >= 11 is 0. The first-order chi connectivity index (χ1) is 37.2. The van der Waals surface area contributed by atoms with Crippen molar-refractivity contribution in [1.82, 2.24) is 4.57 Å². The monoisotopic (exact) mass is 954 g/mol. The number of benzene rings is 12. The highest BCUT2D eigenvalue weighted by Gasteiger charge is 2.46. The summed E-state index contributed by atoms with van der Waals surface area (Å²) in [6.45, 7) is 0. The molecule has 0 radical (unpaired) electrons. The van der Waals surface area contributed by atoms with Crippen LogP contribution < -0.4 is 4.90 Å². The van der Waals surface area contributed by atoms with E-state index in [0.717, 1.165) is 33.9 Å². The fourth-order valence-electron chi connectivity index (χ4n) is 12.1. The van der Waals surface area contributed by atoms with Crippen LogP contribution in [0.4, 0.5) is 17.1 Å². The third kappa shape index (κ3) is 7.41. The Labute approximate surface area is 438 Å². The minimum atomic E-state index is -0.457. The number of nitrogens with zero attached hydrogens (tertiary/aromatic N) is 2. The highest BCUT2D eigenvalue weighted by atomic mass is 15.1. The van der Waals surface area contributed by atoms with Gasteiger partial charge in [-0.2, -0.15) is 0 Å². The van der Waals surface area contributed by atoms with Gasteiger partial charge in [-0.05, 0) is 145 Å². The van der Waals surface area contributed by atoms with Gasteiger partial charge in [-0.1, -0.05) is 237 Å². The molecule has 0 N–H and O–H groups in total. The second-order valence-electron chi connectivity index (χ2n) is 19.6. The molecule has 0 saturated carbocycles. The van der Waals surface area contributed by atoms with Crippen LogP contribution in [0.2, 0.25) is 0 Å². The van der Waals surface area contributed by atoms with Gasteiger partial charge >= 0.3 is 0 Å². The van der Waals surface area contributed by atoms with E-state index in [0.29, 0.717) is 0 Å². The van der Waals surface area contributed by atoms with Crippen molar-refractivity contribution < 1.29 is 0 Å². The Morgan fingerprint density at radius 2 is 0.733 bits per heavy atom. The number of hydrogen-bond acceptors (Lipinski definition) is 1. The molecule has 14 rings (SSSR count). The van der Waals surface area contributed by atoms with Crippen molar-refractivity contribution in [3.8, 4) is 61.3 Å². The van der Waals surface area contributed by atoms with E-state index in [2.05, 4.69) is 313 Å². The van der Waals surface area contributed by atoms with Crippen LogP contribution >= 0.6 is 0 Å². The molecule has 0 spiro atoms. The maximum Gasteiger partial charge on any atom is 0.0713 e. The number of rotatable bonds is 10. The Morgan fingerprint density at radius 3 is 1.44 bits per heavy atom. The fourth-order valence-corrected chi connectivity index (χ4v) is 12.1. The van der Waals surface area contributed by atoms with E-state index in [4.69, 9.17) is 0 Å². The van der Waals surface area contributed by atoms with Gasteiger partial charge in [0.15, 0.2) is 0 Å². The Morgan fingerprint density at radius 1 is 0.253 bits per heavy atom. The van der Waals surface area contributed by atoms with Gasteiger partial charge in [0.1, 0.15) is 0 Å². The molecular weight excluding hydrogens is 905 g/mol. The van der Waals surface area contributed by atoms with E-state index in [9.17, 15) is 0 Å². The van der Waals surface area contributed by atoms with Crippen molar-refractivity contribution >= 4 is 38.9 Å². The summed E-state index contributed by atoms with van der Waals surface area (Å²) < 4.78 is 2.48. The lowest BCUT2D eigenvalue weighted by molar-refractivity contribution is 0.768. The number of fused-ring (bicyclic) bond motifs is 6. The van der Waals surface area contributed by atoms with E-state index in [1.807, 2.05) is 0 Å². The van der Waals surface area contributed by atoms with Crippen LogP contribution in [0.25, 0.3) is 83.1 Å². The molecule has 0 unspecified atom stereocenters. The quantitative estimate of drug-likeness (QED) is 0.133. The van der Waals surface area contributed by atoms with E-state index >= 15 is 0 Å². The third-order valence-corrected chi connectivity index (χ3v) is 15.5. The minimum Gasteiger partial charge on any atom is -0.310 e. The third-order valence-electron chi connectivity index (χ3n) is 15.5. The van der Waals surface area contributed by atoms with E-state index in [1.165, 1.54) is 88.6 Å². The molecule has 13 aromatic rings. The van der Waals surface area contributed by atoms with Crippen LogP contribution in [0.1, 0.15) is 22.3 Å². The molecule has 1 aromatic heterocycles. The summed E-state index contributed by atoms with van der Waals surface area (Å²) in [4.78, 5) is 2.36. The Hall–Kier alpha value is -9.76. The van der Waals surface area contributed by atoms with E-state index in [1.54, 1.807) is 0 Å². The standard InChI is InChI=1S/C73H50N2/c1-5-21-51(22-6-1)53-23-19-24-54(47-53)52-39-42-60(43-40-52)74(59-30-11-4-12-31-59)61-32-20-25-55(48-61)63-33-13-14-34-64(63)56-41-45-67-66-36-16-18-38-71(66)75(72(67)49-56)62-44-46-70-68(50-62)65-35-15-17-37-69(65)73(70,57-26-7-2-8-27-57)58-28-9-3-10-29-58/h1-50H. The topological polar surface area (TPSA) is 8.17 Å². The number of anilines is 3. The second-order valence-corrected chi connectivity index (χ2v) is 19.6. The van der Waals surface area contributed by atoms with Crippen LogP contribution in [0.3, 0.4) is 0 Å². The van der Waals surface area contributed by atoms with Gasteiger partial charge in [-0.3, -0.25) is 0 Å². The predicted octanol–water partition coefficient (Wildman–Crippen LogP) is 19.3. The maximum absolute atomic E-state index is 2.48. The zero-order valence-electron chi connectivity index (χ0n) is 41.3. The Bertz CT molecular complexity index is 4170. The van der Waals surface area contributed by atoms with Crippen molar-refractivity contribution in [2.75, 3.05) is 4.90 Å². The predicted molar refractivity (Wildman–Crippen MR) is 315 cm³/mol. The van der Waals surface area contributed by atoms with Crippen LogP contribution in [0.15, 0.2) is 303 Å². The molecule has 2 heteroatoms. The molecule has 2 nitrogen and oxygen atoms in total. The van der Waals surface area contributed by atoms with Gasteiger partial charge in [-0.25, -0.2) is 0 Å². The molecule has 0 bridgehead atoms. The van der Waals surface area contributed by atoms with E-state index in [-0.39, 0.29) is 0 Å². The molecule has 75 heavy (non-hydrogen) atoms. The summed E-state index contributed by atoms with van der Waals surface area (Å²) in [5.74, 6) is 0. The molecule has 1 aliphatic carbocycles. The van der Waals surface area contributed by atoms with Gasteiger partial charge in [0, 0.05) is 33.5 Å².